The molecule has 1 aliphatic rings. The maximum absolute atomic E-state index is 4.19. The summed E-state index contributed by atoms with van der Waals surface area (Å²) >= 11 is 0. The summed E-state index contributed by atoms with van der Waals surface area (Å²) in [6.45, 7) is 0. The summed E-state index contributed by atoms with van der Waals surface area (Å²) in [7, 11) is 0. The van der Waals surface area contributed by atoms with Crippen molar-refractivity contribution in [1.29, 1.82) is 0 Å². The lowest BCUT2D eigenvalue weighted by Crippen LogP contribution is -1.96. The molecule has 2 rings (SSSR count). The van der Waals surface area contributed by atoms with Crippen LogP contribution in [-0.4, -0.2) is 9.97 Å². The van der Waals surface area contributed by atoms with Crippen molar-refractivity contribution in [1.82, 2.24) is 9.97 Å². The third-order valence-electron chi connectivity index (χ3n) is 2.09. The Kier molecular flexibility index (Phi) is 2.16. The van der Waals surface area contributed by atoms with E-state index in [-0.39, 0.29) is 0 Å². The Labute approximate surface area is 72.4 Å². The average Bonchev–Trinajstić information content (AvgIpc) is 2.21. The maximum atomic E-state index is 4.19. The molecule has 0 aliphatic heterocycles. The lowest BCUT2D eigenvalue weighted by atomic mass is 9.99. The van der Waals surface area contributed by atoms with Gasteiger partial charge in [0.2, 0.25) is 0 Å². The average molecular weight is 159 g/mol. The summed E-state index contributed by atoms with van der Waals surface area (Å²) in [6, 6.07) is 1.73. The van der Waals surface area contributed by atoms with Gasteiger partial charge in [-0.2, -0.15) is 0 Å². The van der Waals surface area contributed by atoms with Gasteiger partial charge in [0.1, 0.15) is 0 Å². The van der Waals surface area contributed by atoms with Crippen molar-refractivity contribution < 1.29 is 0 Å². The molecule has 0 N–H and O–H groups in total. The molecule has 12 heavy (non-hydrogen) atoms. The molecule has 0 amide bonds. The first-order chi connectivity index (χ1) is 5.97. The minimum atomic E-state index is 0.859. The minimum absolute atomic E-state index is 0.859. The lowest BCUT2D eigenvalue weighted by molar-refractivity contribution is 0.736. The van der Waals surface area contributed by atoms with Gasteiger partial charge in [0.25, 0.3) is 0 Å². The zero-order valence-corrected chi connectivity index (χ0v) is 6.95. The standard InChI is InChI=1S/C10H11N2/c1-2-5-9(6-3-1)10-11-7-4-8-12-10/h4-5,7H,1-3,6H2. The molecule has 2 heteroatoms. The van der Waals surface area contributed by atoms with E-state index in [9.17, 15) is 0 Å². The van der Waals surface area contributed by atoms with Gasteiger partial charge < -0.3 is 0 Å². The topological polar surface area (TPSA) is 25.8 Å². The van der Waals surface area contributed by atoms with Crippen molar-refractivity contribution in [3.05, 3.63) is 30.4 Å². The van der Waals surface area contributed by atoms with Gasteiger partial charge in [-0.3, -0.25) is 0 Å². The number of rotatable bonds is 1. The molecule has 1 aromatic rings. The first kappa shape index (κ1) is 7.47. The fraction of sp³-hybridized carbons (Fsp3) is 0.400. The Morgan fingerprint density at radius 1 is 1.33 bits per heavy atom. The van der Waals surface area contributed by atoms with Gasteiger partial charge in [-0.25, -0.2) is 9.97 Å². The van der Waals surface area contributed by atoms with Crippen molar-refractivity contribution >= 4 is 5.57 Å². The highest BCUT2D eigenvalue weighted by atomic mass is 14.9. The Morgan fingerprint density at radius 2 is 2.33 bits per heavy atom. The van der Waals surface area contributed by atoms with Crippen LogP contribution in [0, 0.1) is 6.20 Å². The molecule has 0 bridgehead atoms. The van der Waals surface area contributed by atoms with Crippen LogP contribution in [-0.2, 0) is 0 Å². The van der Waals surface area contributed by atoms with Gasteiger partial charge in [-0.05, 0) is 37.3 Å². The lowest BCUT2D eigenvalue weighted by Gasteiger charge is -2.09. The molecule has 61 valence electrons. The van der Waals surface area contributed by atoms with E-state index < -0.39 is 0 Å². The zero-order chi connectivity index (χ0) is 8.23. The molecule has 1 heterocycles. The Hall–Kier alpha value is -1.18. The van der Waals surface area contributed by atoms with Crippen LogP contribution >= 0.6 is 0 Å². The number of nitrogens with zero attached hydrogens (tertiary/aromatic N) is 2. The van der Waals surface area contributed by atoms with Crippen molar-refractivity contribution in [2.45, 2.75) is 25.7 Å². The van der Waals surface area contributed by atoms with Crippen molar-refractivity contribution in [3.8, 4) is 0 Å². The first-order valence-electron chi connectivity index (χ1n) is 4.35. The molecule has 0 saturated carbocycles. The zero-order valence-electron chi connectivity index (χ0n) is 6.95. The Morgan fingerprint density at radius 3 is 3.00 bits per heavy atom. The highest BCUT2D eigenvalue weighted by molar-refractivity contribution is 5.59. The molecule has 0 saturated heterocycles. The predicted octanol–water partition coefficient (Wildman–Crippen LogP) is 2.23. The van der Waals surface area contributed by atoms with Crippen molar-refractivity contribution in [3.63, 3.8) is 0 Å². The van der Waals surface area contributed by atoms with Crippen LogP contribution in [0.4, 0.5) is 0 Å². The summed E-state index contributed by atoms with van der Waals surface area (Å²) in [6.07, 6.45) is 11.7. The summed E-state index contributed by atoms with van der Waals surface area (Å²) in [5.74, 6) is 0.859. The summed E-state index contributed by atoms with van der Waals surface area (Å²) in [5, 5.41) is 0. The van der Waals surface area contributed by atoms with Crippen LogP contribution in [0.3, 0.4) is 0 Å². The monoisotopic (exact) mass is 159 g/mol. The maximum Gasteiger partial charge on any atom is 0.155 e. The first-order valence-corrected chi connectivity index (χ1v) is 4.35. The molecule has 0 unspecified atom stereocenters. The smallest absolute Gasteiger partial charge is 0.155 e. The predicted molar refractivity (Wildman–Crippen MR) is 47.3 cm³/mol. The summed E-state index contributed by atoms with van der Waals surface area (Å²) < 4.78 is 0. The van der Waals surface area contributed by atoms with Crippen LogP contribution < -0.4 is 0 Å². The fourth-order valence-corrected chi connectivity index (χ4v) is 1.46. The van der Waals surface area contributed by atoms with E-state index in [2.05, 4.69) is 22.2 Å². The van der Waals surface area contributed by atoms with E-state index >= 15 is 0 Å². The third-order valence-corrected chi connectivity index (χ3v) is 2.09. The quantitative estimate of drug-likeness (QED) is 0.628. The van der Waals surface area contributed by atoms with Gasteiger partial charge >= 0.3 is 0 Å². The molecule has 1 aliphatic carbocycles. The number of aromatic nitrogens is 2. The SMILES string of the molecule is [c]1ccnc(C2=CCCCC2)n1. The summed E-state index contributed by atoms with van der Waals surface area (Å²) in [4.78, 5) is 8.29. The second-order valence-corrected chi connectivity index (χ2v) is 2.98. The molecular weight excluding hydrogens is 148 g/mol. The Bertz CT molecular complexity index is 277. The van der Waals surface area contributed by atoms with Gasteiger partial charge in [-0.15, -0.1) is 0 Å². The van der Waals surface area contributed by atoms with E-state index in [0.717, 1.165) is 12.2 Å². The number of hydrogen-bond donors (Lipinski definition) is 0. The molecular formula is C10H11N2. The van der Waals surface area contributed by atoms with Crippen LogP contribution in [0.1, 0.15) is 31.5 Å². The van der Waals surface area contributed by atoms with E-state index in [1.165, 1.54) is 24.8 Å². The molecule has 0 atom stereocenters. The molecule has 2 nitrogen and oxygen atoms in total. The normalized spacial score (nSPS) is 17.2. The molecule has 0 spiro atoms. The van der Waals surface area contributed by atoms with Gasteiger partial charge in [-0.1, -0.05) is 6.08 Å². The van der Waals surface area contributed by atoms with E-state index in [1.807, 2.05) is 0 Å². The second kappa shape index (κ2) is 3.48. The molecule has 0 fully saturated rings. The van der Waals surface area contributed by atoms with Gasteiger partial charge in [0.15, 0.2) is 5.82 Å². The Balaban J connectivity index is 2.24. The molecule has 1 aromatic heterocycles. The van der Waals surface area contributed by atoms with Crippen molar-refractivity contribution in [2.24, 2.45) is 0 Å². The molecule has 0 aromatic carbocycles. The third kappa shape index (κ3) is 1.52. The van der Waals surface area contributed by atoms with Crippen LogP contribution in [0.15, 0.2) is 18.3 Å². The largest absolute Gasteiger partial charge is 0.237 e. The highest BCUT2D eigenvalue weighted by Gasteiger charge is 2.07. The van der Waals surface area contributed by atoms with E-state index in [4.69, 9.17) is 0 Å². The van der Waals surface area contributed by atoms with E-state index in [0.29, 0.717) is 0 Å². The fourth-order valence-electron chi connectivity index (χ4n) is 1.46. The second-order valence-electron chi connectivity index (χ2n) is 2.98. The number of allylic oxidation sites excluding steroid dienone is 2. The van der Waals surface area contributed by atoms with Gasteiger partial charge in [0, 0.05) is 6.20 Å². The van der Waals surface area contributed by atoms with Gasteiger partial charge in [0.05, 0.1) is 6.20 Å². The summed E-state index contributed by atoms with van der Waals surface area (Å²) in [5.41, 5.74) is 1.29. The number of hydrogen-bond acceptors (Lipinski definition) is 2. The van der Waals surface area contributed by atoms with E-state index in [1.54, 1.807) is 12.3 Å². The minimum Gasteiger partial charge on any atom is -0.237 e. The van der Waals surface area contributed by atoms with Crippen LogP contribution in [0.5, 0.6) is 0 Å². The van der Waals surface area contributed by atoms with Crippen molar-refractivity contribution in [2.75, 3.05) is 0 Å². The van der Waals surface area contributed by atoms with Crippen LogP contribution in [0.25, 0.3) is 5.57 Å². The molecule has 1 radical (unpaired) electrons. The highest BCUT2D eigenvalue weighted by Crippen LogP contribution is 2.23. The van der Waals surface area contributed by atoms with Crippen LogP contribution in [0.2, 0.25) is 0 Å².